The summed E-state index contributed by atoms with van der Waals surface area (Å²) >= 11 is 1.16. The van der Waals surface area contributed by atoms with E-state index in [-0.39, 0.29) is 21.7 Å². The average Bonchev–Trinajstić information content (AvgIpc) is 3.41. The molecule has 0 aliphatic rings. The number of hydrogen-bond acceptors (Lipinski definition) is 10. The number of aromatic nitrogens is 5. The summed E-state index contributed by atoms with van der Waals surface area (Å²) in [5.74, 6) is -0.796. The smallest absolute Gasteiger partial charge is 0.316 e. The van der Waals surface area contributed by atoms with Crippen LogP contribution >= 0.6 is 11.3 Å². The van der Waals surface area contributed by atoms with Gasteiger partial charge in [0.2, 0.25) is 5.82 Å². The maximum Gasteiger partial charge on any atom is 0.316 e. The van der Waals surface area contributed by atoms with E-state index in [0.29, 0.717) is 11.4 Å². The molecule has 0 saturated carbocycles. The van der Waals surface area contributed by atoms with Crippen molar-refractivity contribution in [1.29, 1.82) is 0 Å². The molecule has 1 aromatic carbocycles. The fraction of sp³-hybridized carbons (Fsp3) is 0. The first-order valence-electron chi connectivity index (χ1n) is 7.95. The summed E-state index contributed by atoms with van der Waals surface area (Å²) < 4.78 is 31.9. The van der Waals surface area contributed by atoms with E-state index in [1.807, 2.05) is 0 Å². The van der Waals surface area contributed by atoms with Crippen LogP contribution in [0, 0.1) is 0 Å². The third-order valence-electron chi connectivity index (χ3n) is 3.49. The molecule has 4 rings (SSSR count). The van der Waals surface area contributed by atoms with Crippen molar-refractivity contribution in [1.82, 2.24) is 25.1 Å². The normalized spacial score (nSPS) is 11.2. The third kappa shape index (κ3) is 4.25. The number of thiazole rings is 1. The van der Waals surface area contributed by atoms with Crippen LogP contribution in [-0.2, 0) is 10.0 Å². The molecule has 0 aliphatic heterocycles. The number of carbonyl (C=O) groups is 1. The van der Waals surface area contributed by atoms with E-state index >= 15 is 0 Å². The van der Waals surface area contributed by atoms with Gasteiger partial charge in [-0.3, -0.25) is 14.5 Å². The highest BCUT2D eigenvalue weighted by Gasteiger charge is 2.18. The molecule has 2 N–H and O–H groups in total. The Morgan fingerprint density at radius 2 is 1.90 bits per heavy atom. The molecule has 146 valence electrons. The lowest BCUT2D eigenvalue weighted by atomic mass is 10.3. The first-order chi connectivity index (χ1) is 14.0. The van der Waals surface area contributed by atoms with Gasteiger partial charge in [-0.15, -0.1) is 11.3 Å². The van der Waals surface area contributed by atoms with Gasteiger partial charge in [-0.25, -0.2) is 18.4 Å². The molecule has 11 nitrogen and oxygen atoms in total. The van der Waals surface area contributed by atoms with E-state index in [1.165, 1.54) is 49.1 Å². The lowest BCUT2D eigenvalue weighted by molar-refractivity contribution is 0.0981. The van der Waals surface area contributed by atoms with Crippen molar-refractivity contribution in [3.05, 3.63) is 60.3 Å². The Morgan fingerprint density at radius 1 is 1.07 bits per heavy atom. The van der Waals surface area contributed by atoms with Crippen LogP contribution in [0.1, 0.15) is 10.7 Å². The van der Waals surface area contributed by atoms with Crippen molar-refractivity contribution in [2.75, 3.05) is 10.0 Å². The van der Waals surface area contributed by atoms with E-state index in [4.69, 9.17) is 4.52 Å². The zero-order chi connectivity index (χ0) is 20.3. The summed E-state index contributed by atoms with van der Waals surface area (Å²) in [6.45, 7) is 0. The maximum absolute atomic E-state index is 12.3. The molecular weight excluding hydrogens is 418 g/mol. The van der Waals surface area contributed by atoms with Gasteiger partial charge in [0, 0.05) is 29.7 Å². The van der Waals surface area contributed by atoms with E-state index in [1.54, 1.807) is 5.38 Å². The highest BCUT2D eigenvalue weighted by atomic mass is 32.2. The number of nitrogens with zero attached hydrogens (tertiary/aromatic N) is 5. The number of anilines is 2. The van der Waals surface area contributed by atoms with Gasteiger partial charge in [0.05, 0.1) is 11.1 Å². The molecule has 3 aromatic heterocycles. The van der Waals surface area contributed by atoms with Crippen LogP contribution in [0.5, 0.6) is 0 Å². The van der Waals surface area contributed by atoms with Crippen LogP contribution in [-0.4, -0.2) is 39.4 Å². The molecule has 4 aromatic rings. The number of nitrogens with one attached hydrogen (secondary N) is 2. The fourth-order valence-electron chi connectivity index (χ4n) is 2.18. The minimum absolute atomic E-state index is 0.0217. The van der Waals surface area contributed by atoms with Crippen LogP contribution < -0.4 is 10.0 Å². The number of rotatable bonds is 6. The molecule has 0 unspecified atom stereocenters. The number of benzene rings is 1. The van der Waals surface area contributed by atoms with Gasteiger partial charge in [-0.2, -0.15) is 4.98 Å². The fourth-order valence-corrected chi connectivity index (χ4v) is 3.97. The minimum atomic E-state index is -3.78. The first-order valence-corrected chi connectivity index (χ1v) is 10.3. The van der Waals surface area contributed by atoms with E-state index in [0.717, 1.165) is 11.3 Å². The van der Waals surface area contributed by atoms with Crippen molar-refractivity contribution in [3.8, 4) is 11.5 Å². The Balaban J connectivity index is 1.45. The zero-order valence-corrected chi connectivity index (χ0v) is 16.0. The first kappa shape index (κ1) is 18.6. The van der Waals surface area contributed by atoms with Gasteiger partial charge in [0.15, 0.2) is 5.13 Å². The Bertz CT molecular complexity index is 1220. The van der Waals surface area contributed by atoms with Gasteiger partial charge in [0.25, 0.3) is 10.0 Å². The average molecular weight is 429 g/mol. The van der Waals surface area contributed by atoms with Gasteiger partial charge in [-0.05, 0) is 24.3 Å². The summed E-state index contributed by atoms with van der Waals surface area (Å²) in [6.07, 6.45) is 5.89. The predicted octanol–water partition coefficient (Wildman–Crippen LogP) is 2.04. The molecule has 0 saturated heterocycles. The summed E-state index contributed by atoms with van der Waals surface area (Å²) in [4.78, 5) is 28.1. The van der Waals surface area contributed by atoms with Gasteiger partial charge in [-0.1, -0.05) is 5.16 Å². The molecule has 0 atom stereocenters. The van der Waals surface area contributed by atoms with E-state index < -0.39 is 15.9 Å². The van der Waals surface area contributed by atoms with Crippen LogP contribution in [0.15, 0.2) is 63.9 Å². The monoisotopic (exact) mass is 429 g/mol. The third-order valence-corrected chi connectivity index (χ3v) is 5.66. The Hall–Kier alpha value is -3.71. The molecule has 1 amide bonds. The molecule has 0 spiro atoms. The molecule has 3 heterocycles. The van der Waals surface area contributed by atoms with Crippen LogP contribution in [0.3, 0.4) is 0 Å². The molecular formula is C16H11N7O4S2. The van der Waals surface area contributed by atoms with Crippen LogP contribution in [0.25, 0.3) is 11.5 Å². The molecule has 0 aliphatic carbocycles. The molecule has 0 fully saturated rings. The molecule has 0 bridgehead atoms. The van der Waals surface area contributed by atoms with Crippen molar-refractivity contribution in [2.45, 2.75) is 4.90 Å². The quantitative estimate of drug-likeness (QED) is 0.469. The SMILES string of the molecule is O=C(Nc1ccc(S(=O)(=O)Nc2nccs2)cc1)c1nc(-c2cnccn2)no1. The Kier molecular flexibility index (Phi) is 4.97. The standard InChI is InChI=1S/C16H11N7O4S2/c24-14(15-21-13(22-27-15)12-9-17-5-6-18-12)20-10-1-3-11(4-2-10)29(25,26)23-16-19-7-8-28-16/h1-9H,(H,19,23)(H,20,24). The number of amides is 1. The summed E-state index contributed by atoms with van der Waals surface area (Å²) in [5.41, 5.74) is 0.708. The topological polar surface area (TPSA) is 153 Å². The summed E-state index contributed by atoms with van der Waals surface area (Å²) in [7, 11) is -3.78. The lowest BCUT2D eigenvalue weighted by Crippen LogP contribution is -2.14. The van der Waals surface area contributed by atoms with Crippen LogP contribution in [0.2, 0.25) is 0 Å². The number of carbonyl (C=O) groups excluding carboxylic acids is 1. The van der Waals surface area contributed by atoms with E-state index in [9.17, 15) is 13.2 Å². The predicted molar refractivity (Wildman–Crippen MR) is 103 cm³/mol. The lowest BCUT2D eigenvalue weighted by Gasteiger charge is -2.06. The van der Waals surface area contributed by atoms with Gasteiger partial charge >= 0.3 is 11.8 Å². The highest BCUT2D eigenvalue weighted by Crippen LogP contribution is 2.20. The second-order valence-corrected chi connectivity index (χ2v) is 8.01. The molecule has 13 heteroatoms. The van der Waals surface area contributed by atoms with Crippen molar-refractivity contribution >= 4 is 38.1 Å². The molecule has 29 heavy (non-hydrogen) atoms. The van der Waals surface area contributed by atoms with Crippen molar-refractivity contribution in [3.63, 3.8) is 0 Å². The zero-order valence-electron chi connectivity index (χ0n) is 14.4. The second-order valence-electron chi connectivity index (χ2n) is 5.44. The second kappa shape index (κ2) is 7.73. The molecule has 0 radical (unpaired) electrons. The Morgan fingerprint density at radius 3 is 2.59 bits per heavy atom. The van der Waals surface area contributed by atoms with Gasteiger partial charge in [0.1, 0.15) is 5.69 Å². The summed E-state index contributed by atoms with van der Waals surface area (Å²) in [6, 6.07) is 5.58. The number of sulfonamides is 1. The maximum atomic E-state index is 12.3. The van der Waals surface area contributed by atoms with E-state index in [2.05, 4.69) is 35.1 Å². The Labute approximate surface area is 167 Å². The minimum Gasteiger partial charge on any atom is -0.328 e. The number of hydrogen-bond donors (Lipinski definition) is 2. The highest BCUT2D eigenvalue weighted by molar-refractivity contribution is 7.93. The van der Waals surface area contributed by atoms with Crippen LogP contribution in [0.4, 0.5) is 10.8 Å². The summed E-state index contributed by atoms with van der Waals surface area (Å²) in [5, 5.41) is 8.16. The van der Waals surface area contributed by atoms with Gasteiger partial charge < -0.3 is 9.84 Å². The van der Waals surface area contributed by atoms with Crippen molar-refractivity contribution in [2.24, 2.45) is 0 Å². The largest absolute Gasteiger partial charge is 0.328 e. The van der Waals surface area contributed by atoms with Crippen molar-refractivity contribution < 1.29 is 17.7 Å².